The molecular weight excluding hydrogens is 682 g/mol. The fourth-order valence-electron chi connectivity index (χ4n) is 7.46. The number of methoxy groups -OCH3 is 1. The Balaban J connectivity index is 1.18. The molecule has 1 spiro atoms. The van der Waals surface area contributed by atoms with Gasteiger partial charge in [-0.15, -0.1) is 0 Å². The van der Waals surface area contributed by atoms with Crippen LogP contribution < -0.4 is 17.0 Å². The molecule has 22 nitrogen and oxygen atoms in total. The number of anilines is 2. The first-order chi connectivity index (χ1) is 22.8. The average molecular weight is 713 g/mol. The van der Waals surface area contributed by atoms with Gasteiger partial charge in [0.25, 0.3) is 5.56 Å². The Labute approximate surface area is 268 Å². The van der Waals surface area contributed by atoms with E-state index in [2.05, 4.69) is 29.9 Å². The lowest BCUT2D eigenvalue weighted by Crippen LogP contribution is -2.49. The van der Waals surface area contributed by atoms with Crippen molar-refractivity contribution in [2.45, 2.75) is 55.6 Å². The average Bonchev–Trinajstić information content (AvgIpc) is 3.74. The number of hydrogen-bond donors (Lipinski definition) is 6. The van der Waals surface area contributed by atoms with E-state index in [1.165, 1.54) is 30.7 Å². The van der Waals surface area contributed by atoms with Crippen molar-refractivity contribution in [3.8, 4) is 0 Å². The van der Waals surface area contributed by atoms with Crippen LogP contribution in [0.5, 0.6) is 0 Å². The number of aromatic amines is 1. The SMILES string of the molecule is CO[C@H]1[C@H]2OP(=O)(O)OCC34CC[C@@H]3[C@@H](n3cnc5c(N)ncnc53)[C@H](OP(=O)(O)OC[C@H]1O[C@H]2n1cnc2c(=O)[nH]c(N)nc21)[C@@H]4O. The molecule has 48 heavy (non-hydrogen) atoms. The standard InChI is InChI=1S/C24H30N10O12P2/c1-41-14-10-4-42-47(37,38)45-15-13(33-7-29-11-18(25)27-6-28-19(11)33)9-2-3-24(9,17(15)35)5-43-48(39,40)46-16(14)22(44-10)34-8-30-12-20(34)31-23(26)32-21(12)36/h6-10,13-17,22,35H,2-5H2,1H3,(H,37,38)(H,39,40)(H2,25,27,28)(H3,26,31,32,36)/t9-,10-,13-,14-,15+,16-,17+,22-,24?/m1/s1. The van der Waals surface area contributed by atoms with Gasteiger partial charge in [0.15, 0.2) is 28.9 Å². The molecule has 4 aromatic heterocycles. The Bertz CT molecular complexity index is 2080. The monoisotopic (exact) mass is 712 g/mol. The molecule has 4 fully saturated rings. The highest BCUT2D eigenvalue weighted by Crippen LogP contribution is 2.66. The molecule has 2 aliphatic carbocycles. The van der Waals surface area contributed by atoms with Gasteiger partial charge in [-0.1, -0.05) is 0 Å². The van der Waals surface area contributed by atoms with Gasteiger partial charge in [-0.05, 0) is 18.8 Å². The van der Waals surface area contributed by atoms with Crippen LogP contribution in [-0.2, 0) is 36.7 Å². The summed E-state index contributed by atoms with van der Waals surface area (Å²) < 4.78 is 64.1. The molecule has 6 heterocycles. The van der Waals surface area contributed by atoms with Crippen LogP contribution >= 0.6 is 15.6 Å². The lowest BCUT2D eigenvalue weighted by molar-refractivity contribution is -0.103. The first-order valence-corrected chi connectivity index (χ1v) is 17.6. The maximum Gasteiger partial charge on any atom is 0.472 e. The third-order valence-electron chi connectivity index (χ3n) is 9.71. The van der Waals surface area contributed by atoms with Crippen LogP contribution in [0.15, 0.2) is 23.8 Å². The molecule has 2 saturated heterocycles. The fraction of sp³-hybridized carbons (Fsp3) is 0.583. The molecule has 8 N–H and O–H groups in total. The van der Waals surface area contributed by atoms with E-state index < -0.39 is 88.5 Å². The first-order valence-electron chi connectivity index (χ1n) is 14.7. The molecule has 4 aromatic rings. The Hall–Kier alpha value is -3.40. The van der Waals surface area contributed by atoms with Gasteiger partial charge < -0.3 is 40.4 Å². The quantitative estimate of drug-likeness (QED) is 0.144. The second-order valence-electron chi connectivity index (χ2n) is 12.1. The van der Waals surface area contributed by atoms with Crippen molar-refractivity contribution in [3.63, 3.8) is 0 Å². The highest BCUT2D eigenvalue weighted by atomic mass is 31.2. The van der Waals surface area contributed by atoms with Crippen LogP contribution in [0, 0.1) is 11.3 Å². The number of nitrogen functional groups attached to an aromatic ring is 2. The van der Waals surface area contributed by atoms with E-state index in [-0.39, 0.29) is 34.1 Å². The van der Waals surface area contributed by atoms with Gasteiger partial charge in [-0.2, -0.15) is 4.98 Å². The number of nitrogens with one attached hydrogen (secondary N) is 1. The molecule has 3 unspecified atom stereocenters. The number of hydrogen-bond acceptors (Lipinski definition) is 17. The first kappa shape index (κ1) is 31.8. The summed E-state index contributed by atoms with van der Waals surface area (Å²) in [6.45, 7) is -1.16. The molecule has 258 valence electrons. The van der Waals surface area contributed by atoms with Crippen molar-refractivity contribution in [1.29, 1.82) is 0 Å². The molecule has 0 amide bonds. The smallest absolute Gasteiger partial charge is 0.390 e. The molecule has 24 heteroatoms. The number of rotatable bonds is 3. The fourth-order valence-corrected chi connectivity index (χ4v) is 9.40. The summed E-state index contributed by atoms with van der Waals surface area (Å²) >= 11 is 0. The zero-order valence-electron chi connectivity index (χ0n) is 24.9. The Morgan fingerprint density at radius 1 is 1.02 bits per heavy atom. The number of nitrogens with two attached hydrogens (primary N) is 2. The summed E-state index contributed by atoms with van der Waals surface area (Å²) in [5, 5.41) is 11.7. The minimum Gasteiger partial charge on any atom is -0.390 e. The molecule has 4 aliphatic rings. The summed E-state index contributed by atoms with van der Waals surface area (Å²) in [5.41, 5.74) is 10.2. The summed E-state index contributed by atoms with van der Waals surface area (Å²) in [5.74, 6) is -0.647. The van der Waals surface area contributed by atoms with Crippen LogP contribution in [0.3, 0.4) is 0 Å². The zero-order chi connectivity index (χ0) is 33.7. The third kappa shape index (κ3) is 4.83. The topological polar surface area (TPSA) is 309 Å². The summed E-state index contributed by atoms with van der Waals surface area (Å²) in [4.78, 5) is 57.5. The minimum atomic E-state index is -4.98. The van der Waals surface area contributed by atoms with Crippen LogP contribution in [-0.4, -0.2) is 105 Å². The summed E-state index contributed by atoms with van der Waals surface area (Å²) in [6.07, 6.45) is -3.50. The molecule has 2 saturated carbocycles. The van der Waals surface area contributed by atoms with Crippen LogP contribution in [0.25, 0.3) is 22.3 Å². The number of aromatic nitrogens is 8. The van der Waals surface area contributed by atoms with Gasteiger partial charge in [0.1, 0.15) is 36.3 Å². The van der Waals surface area contributed by atoms with Gasteiger partial charge in [-0.3, -0.25) is 32.4 Å². The molecule has 0 radical (unpaired) electrons. The second kappa shape index (κ2) is 11.1. The Morgan fingerprint density at radius 2 is 1.75 bits per heavy atom. The van der Waals surface area contributed by atoms with Gasteiger partial charge >= 0.3 is 15.6 Å². The second-order valence-corrected chi connectivity index (χ2v) is 14.9. The molecular formula is C24H30N10O12P2. The van der Waals surface area contributed by atoms with E-state index in [0.29, 0.717) is 12.8 Å². The maximum absolute atomic E-state index is 13.7. The van der Waals surface area contributed by atoms with E-state index in [0.717, 1.165) is 0 Å². The summed E-state index contributed by atoms with van der Waals surface area (Å²) in [6, 6.07) is -0.855. The van der Waals surface area contributed by atoms with Crippen molar-refractivity contribution in [2.75, 3.05) is 31.8 Å². The largest absolute Gasteiger partial charge is 0.472 e. The Morgan fingerprint density at radius 3 is 2.50 bits per heavy atom. The van der Waals surface area contributed by atoms with E-state index in [9.17, 15) is 28.8 Å². The van der Waals surface area contributed by atoms with E-state index >= 15 is 0 Å². The minimum absolute atomic E-state index is 0.0456. The predicted octanol–water partition coefficient (Wildman–Crippen LogP) is -0.634. The predicted molar refractivity (Wildman–Crippen MR) is 159 cm³/mol. The van der Waals surface area contributed by atoms with E-state index in [4.69, 9.17) is 39.0 Å². The molecule has 0 aromatic carbocycles. The normalized spacial score (nSPS) is 40.1. The molecule has 11 atom stereocenters. The van der Waals surface area contributed by atoms with E-state index in [1.807, 2.05) is 0 Å². The number of aliphatic hydroxyl groups excluding tert-OH is 1. The van der Waals surface area contributed by atoms with Gasteiger partial charge in [0.2, 0.25) is 5.95 Å². The number of aliphatic hydroxyl groups is 1. The number of phosphoric ester groups is 2. The Kier molecular flexibility index (Phi) is 7.33. The number of imidazole rings is 2. The lowest BCUT2D eigenvalue weighted by Gasteiger charge is -2.47. The van der Waals surface area contributed by atoms with Crippen molar-refractivity contribution in [2.24, 2.45) is 11.3 Å². The van der Waals surface area contributed by atoms with Gasteiger partial charge in [0, 0.05) is 12.5 Å². The van der Waals surface area contributed by atoms with Crippen LogP contribution in [0.4, 0.5) is 11.8 Å². The number of nitrogens with zero attached hydrogens (tertiary/aromatic N) is 7. The van der Waals surface area contributed by atoms with E-state index in [1.54, 1.807) is 4.57 Å². The maximum atomic E-state index is 13.7. The lowest BCUT2D eigenvalue weighted by atomic mass is 9.60. The number of phosphoric acid groups is 2. The third-order valence-corrected chi connectivity index (χ3v) is 11.7. The van der Waals surface area contributed by atoms with Crippen LogP contribution in [0.1, 0.15) is 25.1 Å². The van der Waals surface area contributed by atoms with Crippen molar-refractivity contribution >= 4 is 49.7 Å². The number of fused-ring (bicyclic) bond motifs is 5. The van der Waals surface area contributed by atoms with Gasteiger partial charge in [0.05, 0.1) is 38.0 Å². The van der Waals surface area contributed by atoms with Crippen molar-refractivity contribution in [1.82, 2.24) is 39.0 Å². The summed E-state index contributed by atoms with van der Waals surface area (Å²) in [7, 11) is -8.70. The van der Waals surface area contributed by atoms with Crippen molar-refractivity contribution in [3.05, 3.63) is 29.3 Å². The number of H-pyrrole nitrogens is 1. The van der Waals surface area contributed by atoms with Crippen LogP contribution in [0.2, 0.25) is 0 Å². The zero-order valence-corrected chi connectivity index (χ0v) is 26.7. The van der Waals surface area contributed by atoms with Crippen molar-refractivity contribution < 1.29 is 51.6 Å². The highest BCUT2D eigenvalue weighted by molar-refractivity contribution is 7.47. The molecule has 8 rings (SSSR count). The molecule has 4 bridgehead atoms. The highest BCUT2D eigenvalue weighted by Gasteiger charge is 2.68. The molecule has 2 aliphatic heterocycles. The van der Waals surface area contributed by atoms with Gasteiger partial charge in [-0.25, -0.2) is 29.1 Å². The number of ether oxygens (including phenoxy) is 2.